The molecule has 36 heavy (non-hydrogen) atoms. The van der Waals surface area contributed by atoms with E-state index in [-0.39, 0.29) is 17.4 Å². The monoisotopic (exact) mass is 511 g/mol. The zero-order valence-corrected chi connectivity index (χ0v) is 21.5. The Morgan fingerprint density at radius 2 is 1.83 bits per heavy atom. The maximum absolute atomic E-state index is 12.8. The van der Waals surface area contributed by atoms with Crippen molar-refractivity contribution in [2.75, 3.05) is 26.3 Å². The van der Waals surface area contributed by atoms with Gasteiger partial charge in [-0.3, -0.25) is 19.7 Å². The molecule has 0 radical (unpaired) electrons. The van der Waals surface area contributed by atoms with E-state index in [1.54, 1.807) is 29.2 Å². The Labute approximate surface area is 217 Å². The average molecular weight is 512 g/mol. The molecule has 192 valence electrons. The average Bonchev–Trinajstić information content (AvgIpc) is 2.86. The van der Waals surface area contributed by atoms with Crippen molar-refractivity contribution in [2.24, 2.45) is 5.92 Å². The molecule has 3 rings (SSSR count). The highest BCUT2D eigenvalue weighted by molar-refractivity contribution is 7.80. The summed E-state index contributed by atoms with van der Waals surface area (Å²) < 4.78 is 11.0. The zero-order chi connectivity index (χ0) is 25.9. The first kappa shape index (κ1) is 27.1. The smallest absolute Gasteiger partial charge is 0.308 e. The highest BCUT2D eigenvalue weighted by Crippen LogP contribution is 2.15. The molecule has 1 heterocycles. The standard InChI is InChI=1S/C27H33N3O5S/c1-19(2)12-16-35-24(31)18-23-26(33)28-14-15-30(23)27(36)29-25(32)21-8-10-22(11-9-21)34-17-13-20-6-4-3-5-7-20/h3-11,19,23H,12-18H2,1-2H3,(H,28,33)(H,29,32,36). The molecule has 1 atom stereocenters. The molecule has 1 fully saturated rings. The summed E-state index contributed by atoms with van der Waals surface area (Å²) in [6.07, 6.45) is 1.39. The number of amides is 2. The summed E-state index contributed by atoms with van der Waals surface area (Å²) in [6, 6.07) is 16.0. The summed E-state index contributed by atoms with van der Waals surface area (Å²) in [6.45, 7) is 5.65. The number of ether oxygens (including phenoxy) is 2. The van der Waals surface area contributed by atoms with E-state index in [2.05, 4.69) is 10.6 Å². The van der Waals surface area contributed by atoms with Gasteiger partial charge in [0.25, 0.3) is 5.91 Å². The molecule has 0 bridgehead atoms. The largest absolute Gasteiger partial charge is 0.493 e. The van der Waals surface area contributed by atoms with Gasteiger partial charge in [-0.05, 0) is 54.4 Å². The van der Waals surface area contributed by atoms with Gasteiger partial charge >= 0.3 is 5.97 Å². The van der Waals surface area contributed by atoms with Crippen molar-refractivity contribution in [3.8, 4) is 5.75 Å². The Hall–Kier alpha value is -3.46. The summed E-state index contributed by atoms with van der Waals surface area (Å²) in [7, 11) is 0. The molecule has 0 spiro atoms. The molecule has 1 aliphatic heterocycles. The lowest BCUT2D eigenvalue weighted by atomic mass is 10.1. The molecule has 8 nitrogen and oxygen atoms in total. The van der Waals surface area contributed by atoms with E-state index in [0.717, 1.165) is 12.8 Å². The fourth-order valence-corrected chi connectivity index (χ4v) is 3.97. The topological polar surface area (TPSA) is 97.0 Å². The van der Waals surface area contributed by atoms with Gasteiger partial charge in [0, 0.05) is 25.1 Å². The van der Waals surface area contributed by atoms with E-state index in [0.29, 0.717) is 43.5 Å². The van der Waals surface area contributed by atoms with Crippen LogP contribution in [0.5, 0.6) is 5.75 Å². The van der Waals surface area contributed by atoms with Crippen LogP contribution in [0.2, 0.25) is 0 Å². The van der Waals surface area contributed by atoms with Gasteiger partial charge < -0.3 is 19.7 Å². The number of esters is 1. The lowest BCUT2D eigenvalue weighted by Gasteiger charge is -2.36. The van der Waals surface area contributed by atoms with Crippen LogP contribution in [0, 0.1) is 5.92 Å². The number of benzene rings is 2. The lowest BCUT2D eigenvalue weighted by molar-refractivity contribution is -0.147. The Morgan fingerprint density at radius 3 is 2.53 bits per heavy atom. The second-order valence-corrected chi connectivity index (χ2v) is 9.36. The second kappa shape index (κ2) is 13.6. The highest BCUT2D eigenvalue weighted by Gasteiger charge is 2.34. The molecule has 2 amide bonds. The number of hydrogen-bond donors (Lipinski definition) is 2. The predicted molar refractivity (Wildman–Crippen MR) is 141 cm³/mol. The Morgan fingerprint density at radius 1 is 1.11 bits per heavy atom. The number of hydrogen-bond acceptors (Lipinski definition) is 6. The van der Waals surface area contributed by atoms with Crippen LogP contribution in [0.25, 0.3) is 0 Å². The lowest BCUT2D eigenvalue weighted by Crippen LogP contribution is -2.60. The zero-order valence-electron chi connectivity index (χ0n) is 20.7. The van der Waals surface area contributed by atoms with Crippen molar-refractivity contribution in [3.05, 3.63) is 65.7 Å². The van der Waals surface area contributed by atoms with Crippen molar-refractivity contribution in [2.45, 2.75) is 39.2 Å². The number of nitrogens with zero attached hydrogens (tertiary/aromatic N) is 1. The third-order valence-electron chi connectivity index (χ3n) is 5.75. The fraction of sp³-hybridized carbons (Fsp3) is 0.407. The summed E-state index contributed by atoms with van der Waals surface area (Å²) >= 11 is 5.42. The van der Waals surface area contributed by atoms with E-state index < -0.39 is 17.9 Å². The van der Waals surface area contributed by atoms with Crippen LogP contribution in [0.15, 0.2) is 54.6 Å². The number of thiocarbonyl (C=S) groups is 1. The predicted octanol–water partition coefficient (Wildman–Crippen LogP) is 3.10. The first-order valence-corrected chi connectivity index (χ1v) is 12.6. The summed E-state index contributed by atoms with van der Waals surface area (Å²) in [5, 5.41) is 5.51. The number of carbonyl (C=O) groups excluding carboxylic acids is 3. The summed E-state index contributed by atoms with van der Waals surface area (Å²) in [5.41, 5.74) is 1.59. The SMILES string of the molecule is CC(C)CCOC(=O)CC1C(=O)NCCN1C(=S)NC(=O)c1ccc(OCCc2ccccc2)cc1. The van der Waals surface area contributed by atoms with Crippen LogP contribution in [0.1, 0.15) is 42.6 Å². The summed E-state index contributed by atoms with van der Waals surface area (Å²) in [5.74, 6) is -0.130. The molecule has 0 saturated carbocycles. The van der Waals surface area contributed by atoms with E-state index >= 15 is 0 Å². The normalized spacial score (nSPS) is 15.2. The van der Waals surface area contributed by atoms with Crippen LogP contribution >= 0.6 is 12.2 Å². The van der Waals surface area contributed by atoms with Gasteiger partial charge in [-0.25, -0.2) is 0 Å². The maximum atomic E-state index is 12.8. The van der Waals surface area contributed by atoms with Gasteiger partial charge in [0.2, 0.25) is 5.91 Å². The quantitative estimate of drug-likeness (QED) is 0.374. The van der Waals surface area contributed by atoms with Crippen molar-refractivity contribution in [3.63, 3.8) is 0 Å². The maximum Gasteiger partial charge on any atom is 0.308 e. The molecular weight excluding hydrogens is 478 g/mol. The minimum absolute atomic E-state index is 0.0954. The first-order valence-electron chi connectivity index (χ1n) is 12.2. The number of nitrogens with one attached hydrogen (secondary N) is 2. The van der Waals surface area contributed by atoms with Gasteiger partial charge in [-0.1, -0.05) is 44.2 Å². The Kier molecular flexibility index (Phi) is 10.2. The van der Waals surface area contributed by atoms with Gasteiger partial charge in [0.1, 0.15) is 11.8 Å². The third kappa shape index (κ3) is 8.34. The Bertz CT molecular complexity index is 1040. The van der Waals surface area contributed by atoms with Crippen LogP contribution in [-0.4, -0.2) is 60.1 Å². The van der Waals surface area contributed by atoms with Crippen molar-refractivity contribution < 1.29 is 23.9 Å². The molecule has 0 aromatic heterocycles. The second-order valence-electron chi connectivity index (χ2n) is 8.98. The van der Waals surface area contributed by atoms with E-state index in [9.17, 15) is 14.4 Å². The molecule has 1 unspecified atom stereocenters. The molecule has 1 aliphatic rings. The van der Waals surface area contributed by atoms with Crippen LogP contribution < -0.4 is 15.4 Å². The van der Waals surface area contributed by atoms with Gasteiger partial charge in [-0.15, -0.1) is 0 Å². The van der Waals surface area contributed by atoms with Crippen molar-refractivity contribution in [1.82, 2.24) is 15.5 Å². The highest BCUT2D eigenvalue weighted by atomic mass is 32.1. The molecule has 1 saturated heterocycles. The molecule has 2 aromatic carbocycles. The van der Waals surface area contributed by atoms with Gasteiger partial charge in [0.05, 0.1) is 19.6 Å². The number of piperazine rings is 1. The number of carbonyl (C=O) groups is 3. The molecule has 0 aliphatic carbocycles. The van der Waals surface area contributed by atoms with Crippen molar-refractivity contribution >= 4 is 35.1 Å². The van der Waals surface area contributed by atoms with Crippen LogP contribution in [0.4, 0.5) is 0 Å². The minimum Gasteiger partial charge on any atom is -0.493 e. The third-order valence-corrected chi connectivity index (χ3v) is 6.09. The van der Waals surface area contributed by atoms with Crippen molar-refractivity contribution in [1.29, 1.82) is 0 Å². The van der Waals surface area contributed by atoms with Crippen LogP contribution in [0.3, 0.4) is 0 Å². The molecule has 2 aromatic rings. The van der Waals surface area contributed by atoms with Gasteiger partial charge in [0.15, 0.2) is 5.11 Å². The molecular formula is C27H33N3O5S. The van der Waals surface area contributed by atoms with E-state index in [1.807, 2.05) is 44.2 Å². The Balaban J connectivity index is 1.51. The molecule has 2 N–H and O–H groups in total. The minimum atomic E-state index is -0.835. The fourth-order valence-electron chi connectivity index (χ4n) is 3.66. The van der Waals surface area contributed by atoms with E-state index in [1.165, 1.54) is 5.56 Å². The van der Waals surface area contributed by atoms with Gasteiger partial charge in [-0.2, -0.15) is 0 Å². The van der Waals surface area contributed by atoms with Crippen LogP contribution in [-0.2, 0) is 20.7 Å². The first-order chi connectivity index (χ1) is 17.3. The van der Waals surface area contributed by atoms with E-state index in [4.69, 9.17) is 21.7 Å². The number of rotatable bonds is 10. The summed E-state index contributed by atoms with van der Waals surface area (Å²) in [4.78, 5) is 39.0. The molecule has 9 heteroatoms.